The summed E-state index contributed by atoms with van der Waals surface area (Å²) in [5, 5.41) is 23.1. The van der Waals surface area contributed by atoms with Crippen LogP contribution < -0.4 is 10.6 Å². The standard InChI is InChI=1S/C23H29BrN6O4S/c1-25-20(32)16-17-22(34)29(9-5-2-6-10-31)19(23(17)11-13(24)18(16)35-23)21(33)26-12-30-15-8-4-3-7-14(15)27-28-30/h3-4,7-8,13,16-19,31H,2,5-6,9-12H2,1H3,(H,25,32)(H,26,33)/t13?,16-,17-,18-,19?,23?/m0/s1. The molecule has 188 valence electrons. The number of hydrogen-bond donors (Lipinski definition) is 3. The molecule has 6 atom stereocenters. The monoisotopic (exact) mass is 564 g/mol. The van der Waals surface area contributed by atoms with Gasteiger partial charge in [0.2, 0.25) is 17.7 Å². The number of carbonyl (C=O) groups is 3. The Balaban J connectivity index is 1.43. The number of nitrogens with zero attached hydrogens (tertiary/aromatic N) is 4. The number of aliphatic hydroxyl groups is 1. The smallest absolute Gasteiger partial charge is 0.245 e. The highest BCUT2D eigenvalue weighted by Gasteiger charge is 2.75. The average Bonchev–Trinajstić information content (AvgIpc) is 3.57. The maximum absolute atomic E-state index is 13.8. The number of rotatable bonds is 9. The first-order valence-corrected chi connectivity index (χ1v) is 13.7. The third-order valence-electron chi connectivity index (χ3n) is 7.47. The van der Waals surface area contributed by atoms with Crippen molar-refractivity contribution in [2.45, 2.75) is 53.2 Å². The lowest BCUT2D eigenvalue weighted by Crippen LogP contribution is -2.54. The molecule has 3 saturated heterocycles. The van der Waals surface area contributed by atoms with Crippen molar-refractivity contribution in [3.63, 3.8) is 0 Å². The predicted octanol–water partition coefficient (Wildman–Crippen LogP) is 0.878. The molecule has 0 saturated carbocycles. The highest BCUT2D eigenvalue weighted by molar-refractivity contribution is 9.09. The fourth-order valence-corrected chi connectivity index (χ4v) is 9.60. The van der Waals surface area contributed by atoms with E-state index in [1.54, 1.807) is 28.4 Å². The molecule has 2 bridgehead atoms. The van der Waals surface area contributed by atoms with Gasteiger partial charge in [-0.15, -0.1) is 16.9 Å². The van der Waals surface area contributed by atoms with Gasteiger partial charge in [-0.25, -0.2) is 4.68 Å². The van der Waals surface area contributed by atoms with Gasteiger partial charge in [0.25, 0.3) is 0 Å². The Labute approximate surface area is 215 Å². The molecule has 1 spiro atoms. The Morgan fingerprint density at radius 1 is 1.26 bits per heavy atom. The average molecular weight is 565 g/mol. The predicted molar refractivity (Wildman–Crippen MR) is 135 cm³/mol. The van der Waals surface area contributed by atoms with Crippen LogP contribution in [-0.4, -0.2) is 83.8 Å². The minimum absolute atomic E-state index is 0.0442. The third-order valence-corrected chi connectivity index (χ3v) is 10.7. The zero-order chi connectivity index (χ0) is 24.7. The minimum atomic E-state index is -0.686. The van der Waals surface area contributed by atoms with Crippen molar-refractivity contribution in [3.05, 3.63) is 24.3 Å². The summed E-state index contributed by atoms with van der Waals surface area (Å²) in [4.78, 5) is 42.1. The van der Waals surface area contributed by atoms with E-state index >= 15 is 0 Å². The number of carbonyl (C=O) groups excluding carboxylic acids is 3. The molecule has 4 heterocycles. The van der Waals surface area contributed by atoms with E-state index in [0.29, 0.717) is 25.8 Å². The fourth-order valence-electron chi connectivity index (χ4n) is 5.99. The number of para-hydroxylation sites is 1. The summed E-state index contributed by atoms with van der Waals surface area (Å²) in [5.41, 5.74) is 1.55. The number of amides is 3. The van der Waals surface area contributed by atoms with Gasteiger partial charge in [0.05, 0.1) is 22.1 Å². The molecule has 10 nitrogen and oxygen atoms in total. The van der Waals surface area contributed by atoms with Gasteiger partial charge in [-0.1, -0.05) is 33.3 Å². The van der Waals surface area contributed by atoms with Gasteiger partial charge in [0.1, 0.15) is 18.2 Å². The number of benzene rings is 1. The molecule has 1 aromatic heterocycles. The summed E-state index contributed by atoms with van der Waals surface area (Å²) in [6, 6.07) is 6.83. The quantitative estimate of drug-likeness (QED) is 0.304. The van der Waals surface area contributed by atoms with Crippen molar-refractivity contribution >= 4 is 56.4 Å². The van der Waals surface area contributed by atoms with Crippen molar-refractivity contribution in [2.24, 2.45) is 11.8 Å². The highest BCUT2D eigenvalue weighted by Crippen LogP contribution is 2.67. The Bertz CT molecular complexity index is 1150. The van der Waals surface area contributed by atoms with Gasteiger partial charge in [-0.3, -0.25) is 14.4 Å². The topological polar surface area (TPSA) is 129 Å². The van der Waals surface area contributed by atoms with Crippen LogP contribution in [0.4, 0.5) is 0 Å². The van der Waals surface area contributed by atoms with Crippen LogP contribution in [0.1, 0.15) is 25.7 Å². The second-order valence-corrected chi connectivity index (χ2v) is 12.1. The molecular weight excluding hydrogens is 536 g/mol. The van der Waals surface area contributed by atoms with E-state index in [9.17, 15) is 14.4 Å². The normalized spacial score (nSPS) is 31.2. The van der Waals surface area contributed by atoms with Crippen LogP contribution in [0.5, 0.6) is 0 Å². The van der Waals surface area contributed by atoms with Crippen molar-refractivity contribution in [2.75, 3.05) is 20.2 Å². The molecule has 3 aliphatic rings. The molecule has 3 amide bonds. The molecule has 3 unspecified atom stereocenters. The first kappa shape index (κ1) is 24.5. The van der Waals surface area contributed by atoms with Gasteiger partial charge >= 0.3 is 0 Å². The molecule has 3 N–H and O–H groups in total. The minimum Gasteiger partial charge on any atom is -0.396 e. The summed E-state index contributed by atoms with van der Waals surface area (Å²) in [7, 11) is 1.59. The zero-order valence-electron chi connectivity index (χ0n) is 19.4. The Morgan fingerprint density at radius 2 is 2.06 bits per heavy atom. The van der Waals surface area contributed by atoms with Crippen LogP contribution in [0.3, 0.4) is 0 Å². The molecule has 3 aliphatic heterocycles. The first-order chi connectivity index (χ1) is 16.9. The Hall–Kier alpha value is -2.18. The van der Waals surface area contributed by atoms with E-state index in [0.717, 1.165) is 17.5 Å². The van der Waals surface area contributed by atoms with Gasteiger partial charge in [0, 0.05) is 30.3 Å². The maximum Gasteiger partial charge on any atom is 0.245 e. The number of alkyl halides is 1. The molecule has 0 aliphatic carbocycles. The molecular formula is C23H29BrN6O4S. The lowest BCUT2D eigenvalue weighted by Gasteiger charge is -2.35. The van der Waals surface area contributed by atoms with Crippen molar-refractivity contribution in [3.8, 4) is 0 Å². The van der Waals surface area contributed by atoms with Crippen LogP contribution in [-0.2, 0) is 21.1 Å². The van der Waals surface area contributed by atoms with Gasteiger partial charge < -0.3 is 20.6 Å². The van der Waals surface area contributed by atoms with E-state index in [1.165, 1.54) is 0 Å². The van der Waals surface area contributed by atoms with Crippen LogP contribution in [0.25, 0.3) is 11.0 Å². The molecule has 2 aromatic rings. The summed E-state index contributed by atoms with van der Waals surface area (Å²) in [6.45, 7) is 0.645. The van der Waals surface area contributed by atoms with Crippen LogP contribution in [0, 0.1) is 11.8 Å². The molecule has 3 fully saturated rings. The summed E-state index contributed by atoms with van der Waals surface area (Å²) in [5.74, 6) is -1.53. The van der Waals surface area contributed by atoms with E-state index < -0.39 is 22.6 Å². The van der Waals surface area contributed by atoms with E-state index in [4.69, 9.17) is 5.11 Å². The zero-order valence-corrected chi connectivity index (χ0v) is 21.8. The van der Waals surface area contributed by atoms with Crippen LogP contribution >= 0.6 is 27.7 Å². The lowest BCUT2D eigenvalue weighted by atomic mass is 9.70. The molecule has 1 aromatic carbocycles. The third kappa shape index (κ3) is 3.93. The largest absolute Gasteiger partial charge is 0.396 e. The highest BCUT2D eigenvalue weighted by atomic mass is 79.9. The van der Waals surface area contributed by atoms with Crippen molar-refractivity contribution in [1.29, 1.82) is 0 Å². The van der Waals surface area contributed by atoms with Gasteiger partial charge in [-0.2, -0.15) is 0 Å². The van der Waals surface area contributed by atoms with Crippen molar-refractivity contribution in [1.82, 2.24) is 30.5 Å². The number of nitrogens with one attached hydrogen (secondary N) is 2. The summed E-state index contributed by atoms with van der Waals surface area (Å²) < 4.78 is 0.962. The number of thioether (sulfide) groups is 1. The maximum atomic E-state index is 13.8. The number of likely N-dealkylation sites (tertiary alicyclic amines) is 1. The van der Waals surface area contributed by atoms with E-state index in [-0.39, 0.29) is 41.1 Å². The van der Waals surface area contributed by atoms with E-state index in [1.807, 2.05) is 24.3 Å². The molecule has 12 heteroatoms. The first-order valence-electron chi connectivity index (χ1n) is 11.9. The fraction of sp³-hybridized carbons (Fsp3) is 0.609. The Kier molecular flexibility index (Phi) is 6.79. The second-order valence-electron chi connectivity index (χ2n) is 9.37. The Morgan fingerprint density at radius 3 is 2.83 bits per heavy atom. The second kappa shape index (κ2) is 9.70. The number of hydrogen-bond acceptors (Lipinski definition) is 7. The van der Waals surface area contributed by atoms with E-state index in [2.05, 4.69) is 36.9 Å². The van der Waals surface area contributed by atoms with Crippen molar-refractivity contribution < 1.29 is 19.5 Å². The molecule has 5 rings (SSSR count). The van der Waals surface area contributed by atoms with Crippen LogP contribution in [0.15, 0.2) is 24.3 Å². The van der Waals surface area contributed by atoms with Gasteiger partial charge in [0.15, 0.2) is 0 Å². The number of unbranched alkanes of at least 4 members (excludes halogenated alkanes) is 2. The molecule has 0 radical (unpaired) electrons. The number of aromatic nitrogens is 3. The number of fused-ring (bicyclic) bond motifs is 2. The number of aliphatic hydroxyl groups excluding tert-OH is 1. The summed E-state index contributed by atoms with van der Waals surface area (Å²) in [6.07, 6.45) is 2.73. The lowest BCUT2D eigenvalue weighted by molar-refractivity contribution is -0.140. The summed E-state index contributed by atoms with van der Waals surface area (Å²) >= 11 is 5.36. The van der Waals surface area contributed by atoms with Gasteiger partial charge in [-0.05, 0) is 37.8 Å². The number of halogens is 1. The SMILES string of the molecule is CNC(=O)[C@H]1[C@H]2C(=O)N(CCCCCO)C(C(=O)NCn3nnc4ccccc43)C23CC(Br)[C@@H]1S3. The van der Waals surface area contributed by atoms with Crippen LogP contribution in [0.2, 0.25) is 0 Å². The molecule has 35 heavy (non-hydrogen) atoms.